The van der Waals surface area contributed by atoms with Crippen LogP contribution in [0.4, 0.5) is 0 Å². The Hall–Kier alpha value is -1.12. The summed E-state index contributed by atoms with van der Waals surface area (Å²) >= 11 is 6.32. The van der Waals surface area contributed by atoms with E-state index in [4.69, 9.17) is 21.6 Å². The molecular formula is C16H24BClN2O4. The lowest BCUT2D eigenvalue weighted by atomic mass is 9.77. The van der Waals surface area contributed by atoms with E-state index in [0.29, 0.717) is 30.8 Å². The first-order valence-electron chi connectivity index (χ1n) is 8.11. The van der Waals surface area contributed by atoms with Gasteiger partial charge in [-0.25, -0.2) is 4.79 Å². The molecule has 1 aromatic rings. The number of benzene rings is 1. The average molecular weight is 355 g/mol. The summed E-state index contributed by atoms with van der Waals surface area (Å²) in [7, 11) is 2.11. The van der Waals surface area contributed by atoms with E-state index in [-0.39, 0.29) is 12.2 Å². The average Bonchev–Trinajstić information content (AvgIpc) is 2.81. The van der Waals surface area contributed by atoms with E-state index < -0.39 is 18.6 Å². The number of hydrogen-bond acceptors (Lipinski definition) is 5. The van der Waals surface area contributed by atoms with Crippen LogP contribution in [-0.2, 0) is 23.3 Å². The zero-order valence-electron chi connectivity index (χ0n) is 14.0. The number of carbonyl (C=O) groups is 1. The van der Waals surface area contributed by atoms with E-state index in [2.05, 4.69) is 10.6 Å². The zero-order chi connectivity index (χ0) is 17.9. The van der Waals surface area contributed by atoms with Crippen molar-refractivity contribution in [2.75, 3.05) is 14.1 Å². The largest absolute Gasteiger partial charge is 0.480 e. The highest BCUT2D eigenvalue weighted by Crippen LogP contribution is 2.45. The lowest BCUT2D eigenvalue weighted by molar-refractivity contribution is -0.147. The van der Waals surface area contributed by atoms with Gasteiger partial charge in [0.05, 0.1) is 0 Å². The Bertz CT molecular complexity index is 614. The Labute approximate surface area is 147 Å². The van der Waals surface area contributed by atoms with Crippen LogP contribution < -0.4 is 10.6 Å². The lowest BCUT2D eigenvalue weighted by Gasteiger charge is -2.32. The number of halogens is 1. The molecule has 0 bridgehead atoms. The van der Waals surface area contributed by atoms with Crippen LogP contribution in [0, 0.1) is 5.92 Å². The first-order chi connectivity index (χ1) is 11.4. The number of carboxylic acid groups (broad SMARTS) is 1. The Balaban J connectivity index is 2.40. The molecule has 0 saturated heterocycles. The number of likely N-dealkylation sites (N-methyl/N-ethyl adjacent to an activating group) is 1. The fourth-order valence-electron chi connectivity index (χ4n) is 3.76. The molecular weight excluding hydrogens is 330 g/mol. The second-order valence-corrected chi connectivity index (χ2v) is 6.71. The summed E-state index contributed by atoms with van der Waals surface area (Å²) in [6.45, 7) is 0.562. The van der Waals surface area contributed by atoms with Crippen LogP contribution >= 0.6 is 11.6 Å². The molecule has 132 valence electrons. The van der Waals surface area contributed by atoms with Gasteiger partial charge in [-0.3, -0.25) is 0 Å². The molecule has 0 saturated carbocycles. The van der Waals surface area contributed by atoms with Gasteiger partial charge in [0.15, 0.2) is 0 Å². The fraction of sp³-hybridized carbons (Fsp3) is 0.562. The molecule has 0 aliphatic heterocycles. The van der Waals surface area contributed by atoms with Gasteiger partial charge >= 0.3 is 13.1 Å². The predicted octanol–water partition coefficient (Wildman–Crippen LogP) is 0.984. The molecule has 1 aromatic carbocycles. The van der Waals surface area contributed by atoms with E-state index in [1.807, 2.05) is 19.2 Å². The van der Waals surface area contributed by atoms with Crippen LogP contribution in [0.3, 0.4) is 0 Å². The molecule has 0 heterocycles. The van der Waals surface area contributed by atoms with Crippen LogP contribution in [0.15, 0.2) is 12.1 Å². The normalized spacial score (nSPS) is 22.5. The Kier molecular flexibility index (Phi) is 6.28. The molecule has 2 rings (SSSR count). The third-order valence-electron chi connectivity index (χ3n) is 4.89. The summed E-state index contributed by atoms with van der Waals surface area (Å²) in [6, 6.07) is 3.74. The Morgan fingerprint density at radius 2 is 2.12 bits per heavy atom. The molecule has 24 heavy (non-hydrogen) atoms. The highest BCUT2D eigenvalue weighted by Gasteiger charge is 2.51. The molecule has 0 aromatic heterocycles. The van der Waals surface area contributed by atoms with Crippen molar-refractivity contribution in [2.45, 2.75) is 37.7 Å². The highest BCUT2D eigenvalue weighted by molar-refractivity contribution is 6.40. The third-order valence-corrected chi connectivity index (χ3v) is 5.24. The molecule has 0 unspecified atom stereocenters. The second kappa shape index (κ2) is 7.84. The molecule has 5 N–H and O–H groups in total. The summed E-state index contributed by atoms with van der Waals surface area (Å²) in [6.07, 6.45) is 1.96. The van der Waals surface area contributed by atoms with Crippen molar-refractivity contribution in [1.82, 2.24) is 10.6 Å². The van der Waals surface area contributed by atoms with E-state index in [9.17, 15) is 9.90 Å². The first kappa shape index (κ1) is 19.2. The van der Waals surface area contributed by atoms with E-state index >= 15 is 0 Å². The molecule has 8 heteroatoms. The smallest absolute Gasteiger partial charge is 0.451 e. The predicted molar refractivity (Wildman–Crippen MR) is 94.0 cm³/mol. The SMILES string of the molecule is CNCc1cc2c(cc1Cl)C[C@H](CCCB(O)O)[C@]2(NC)C(=O)O. The van der Waals surface area contributed by atoms with Gasteiger partial charge in [0.2, 0.25) is 0 Å². The number of hydrogen-bond donors (Lipinski definition) is 5. The van der Waals surface area contributed by atoms with Gasteiger partial charge in [0.1, 0.15) is 5.54 Å². The van der Waals surface area contributed by atoms with E-state index in [0.717, 1.165) is 16.7 Å². The van der Waals surface area contributed by atoms with Gasteiger partial charge in [-0.2, -0.15) is 0 Å². The molecule has 1 aliphatic rings. The van der Waals surface area contributed by atoms with Crippen LogP contribution in [0.2, 0.25) is 11.3 Å². The summed E-state index contributed by atoms with van der Waals surface area (Å²) in [4.78, 5) is 12.2. The second-order valence-electron chi connectivity index (χ2n) is 6.31. The minimum atomic E-state index is -1.36. The van der Waals surface area contributed by atoms with Crippen molar-refractivity contribution in [1.29, 1.82) is 0 Å². The van der Waals surface area contributed by atoms with Crippen LogP contribution in [0.1, 0.15) is 29.5 Å². The van der Waals surface area contributed by atoms with Crippen molar-refractivity contribution in [2.24, 2.45) is 5.92 Å². The summed E-state index contributed by atoms with van der Waals surface area (Å²) < 4.78 is 0. The molecule has 2 atom stereocenters. The maximum atomic E-state index is 12.2. The van der Waals surface area contributed by atoms with Gasteiger partial charge in [0, 0.05) is 11.6 Å². The number of aliphatic carboxylic acids is 1. The minimum Gasteiger partial charge on any atom is -0.480 e. The lowest BCUT2D eigenvalue weighted by Crippen LogP contribution is -2.51. The van der Waals surface area contributed by atoms with E-state index in [1.54, 1.807) is 7.05 Å². The van der Waals surface area contributed by atoms with Crippen LogP contribution in [0.5, 0.6) is 0 Å². The number of rotatable bonds is 8. The summed E-state index contributed by atoms with van der Waals surface area (Å²) in [5.41, 5.74) is 1.38. The molecule has 0 radical (unpaired) electrons. The quantitative estimate of drug-likeness (QED) is 0.446. The van der Waals surface area contributed by atoms with Crippen molar-refractivity contribution in [3.63, 3.8) is 0 Å². The minimum absolute atomic E-state index is 0.172. The molecule has 6 nitrogen and oxygen atoms in total. The van der Waals surface area contributed by atoms with Crippen LogP contribution in [0.25, 0.3) is 0 Å². The van der Waals surface area contributed by atoms with Crippen molar-refractivity contribution in [3.05, 3.63) is 33.8 Å². The summed E-state index contributed by atoms with van der Waals surface area (Å²) in [5, 5.41) is 34.7. The molecule has 0 spiro atoms. The topological polar surface area (TPSA) is 102 Å². The summed E-state index contributed by atoms with van der Waals surface area (Å²) in [5.74, 6) is -1.09. The van der Waals surface area contributed by atoms with Gasteiger partial charge in [-0.1, -0.05) is 24.1 Å². The number of carboxylic acids is 1. The zero-order valence-corrected chi connectivity index (χ0v) is 14.7. The van der Waals surface area contributed by atoms with Gasteiger partial charge in [0.25, 0.3) is 0 Å². The van der Waals surface area contributed by atoms with Gasteiger partial charge < -0.3 is 25.8 Å². The highest BCUT2D eigenvalue weighted by atomic mass is 35.5. The molecule has 1 aliphatic carbocycles. The van der Waals surface area contributed by atoms with Crippen LogP contribution in [-0.4, -0.2) is 42.3 Å². The molecule has 0 amide bonds. The molecule has 0 fully saturated rings. The maximum absolute atomic E-state index is 12.2. The van der Waals surface area contributed by atoms with Crippen molar-refractivity contribution in [3.8, 4) is 0 Å². The first-order valence-corrected chi connectivity index (χ1v) is 8.49. The monoisotopic (exact) mass is 354 g/mol. The fourth-order valence-corrected chi connectivity index (χ4v) is 4.01. The van der Waals surface area contributed by atoms with Gasteiger partial charge in [-0.15, -0.1) is 0 Å². The Morgan fingerprint density at radius 1 is 1.42 bits per heavy atom. The maximum Gasteiger partial charge on any atom is 0.451 e. The van der Waals surface area contributed by atoms with Crippen molar-refractivity contribution < 1.29 is 19.9 Å². The standard InChI is InChI=1S/C16H24BClN2O4/c1-19-9-11-7-13-10(8-14(11)18)6-12(4-3-5-17(23)24)16(13,20-2)15(21)22/h7-8,12,19-20,23-24H,3-6,9H2,1-2H3,(H,21,22)/t12-,16+/m0/s1. The van der Waals surface area contributed by atoms with E-state index in [1.165, 1.54) is 0 Å². The van der Waals surface area contributed by atoms with Gasteiger partial charge in [-0.05, 0) is 61.9 Å². The Morgan fingerprint density at radius 3 is 2.67 bits per heavy atom. The third kappa shape index (κ3) is 3.46. The van der Waals surface area contributed by atoms with Crippen molar-refractivity contribution >= 4 is 24.7 Å². The number of fused-ring (bicyclic) bond motifs is 1. The number of nitrogens with one attached hydrogen (secondary N) is 2.